The maximum absolute atomic E-state index is 14.2. The third-order valence-electron chi connectivity index (χ3n) is 11.2. The molecule has 77 heavy (non-hydrogen) atoms. The summed E-state index contributed by atoms with van der Waals surface area (Å²) in [5.41, 5.74) is -29.1. The van der Waals surface area contributed by atoms with Gasteiger partial charge in [-0.25, -0.2) is 4.79 Å². The number of benzene rings is 5. The second kappa shape index (κ2) is 21.5. The highest BCUT2D eigenvalue weighted by molar-refractivity contribution is 7.20. The third-order valence-corrected chi connectivity index (χ3v) is 11.3. The van der Waals surface area contributed by atoms with Crippen LogP contribution in [0.1, 0.15) is 65.2 Å². The Morgan fingerprint density at radius 2 is 0.623 bits per heavy atom. The molecule has 414 valence electrons. The van der Waals surface area contributed by atoms with Gasteiger partial charge in [0.15, 0.2) is 18.5 Å². The molecule has 0 aliphatic carbocycles. The van der Waals surface area contributed by atoms with Crippen molar-refractivity contribution in [2.75, 3.05) is 6.07 Å². The van der Waals surface area contributed by atoms with Crippen LogP contribution in [-0.4, -0.2) is 24.0 Å². The minimum absolute atomic E-state index is 0.00619. The van der Waals surface area contributed by atoms with Gasteiger partial charge in [0.25, 0.3) is 0 Å². The summed E-state index contributed by atoms with van der Waals surface area (Å²) in [5, 5.41) is 0. The van der Waals surface area contributed by atoms with Gasteiger partial charge in [-0.3, -0.25) is 4.79 Å². The van der Waals surface area contributed by atoms with Crippen molar-refractivity contribution in [2.24, 2.45) is 0 Å². The van der Waals surface area contributed by atoms with Gasteiger partial charge < -0.3 is 4.74 Å². The predicted octanol–water partition coefficient (Wildman–Crippen LogP) is 13.4. The minimum atomic E-state index is -6.13. The van der Waals surface area contributed by atoms with Crippen molar-refractivity contribution >= 4 is 51.4 Å². The van der Waals surface area contributed by atoms with Gasteiger partial charge in [0.1, 0.15) is 6.15 Å². The molecule has 0 fully saturated rings. The van der Waals surface area contributed by atoms with Crippen LogP contribution in [0.4, 0.5) is 105 Å². The number of esters is 1. The number of carbonyl (C=O) groups excluding carboxylic acids is 2. The van der Waals surface area contributed by atoms with Crippen LogP contribution in [0.25, 0.3) is 0 Å². The van der Waals surface area contributed by atoms with Gasteiger partial charge in [-0.15, -0.1) is 0 Å². The first-order valence-corrected chi connectivity index (χ1v) is 21.2. The molecule has 0 bridgehead atoms. The number of ketones is 1. The molecule has 0 aliphatic rings. The Morgan fingerprint density at radius 1 is 0.377 bits per heavy atom. The maximum Gasteiger partial charge on any atom is 0.416 e. The fourth-order valence-corrected chi connectivity index (χ4v) is 7.88. The van der Waals surface area contributed by atoms with Gasteiger partial charge >= 0.3 is 55.4 Å². The van der Waals surface area contributed by atoms with E-state index in [1.54, 1.807) is 41.2 Å². The summed E-state index contributed by atoms with van der Waals surface area (Å²) in [4.78, 5) is 23.4. The Hall–Kier alpha value is -6.94. The van der Waals surface area contributed by atoms with E-state index in [4.69, 9.17) is 11.6 Å². The van der Waals surface area contributed by atoms with Crippen LogP contribution < -0.4 is 26.4 Å². The second-order valence-electron chi connectivity index (χ2n) is 16.3. The predicted molar refractivity (Wildman–Crippen MR) is 224 cm³/mol. The SMILES string of the molecule is FC(F)(F)c1cc([B-](c2cc(C(F)(F)F)cc(C(F)(F)F)c2)(c2cc(C(F)(F)F)cc(C(F)(F)F)c2)c2cc(C(F)(F)F)cc(C(F)(F)F)c2)cc(C(F)(F)F)c1.O=C(C[n+]1ccc(C(=O)OCCl)cc1)c1ccccc1. The lowest BCUT2D eigenvalue weighted by Gasteiger charge is -2.46. The molecule has 6 rings (SSSR count). The van der Waals surface area contributed by atoms with Crippen LogP contribution in [0.5, 0.6) is 0 Å². The van der Waals surface area contributed by atoms with E-state index in [0.717, 1.165) is 0 Å². The number of hydrogen-bond donors (Lipinski definition) is 0. The van der Waals surface area contributed by atoms with Gasteiger partial charge in [0.05, 0.1) is 50.1 Å². The Bertz CT molecular complexity index is 2660. The van der Waals surface area contributed by atoms with E-state index in [1.807, 2.05) is 18.2 Å². The summed E-state index contributed by atoms with van der Waals surface area (Å²) in [6.45, 7) is 0.217. The van der Waals surface area contributed by atoms with E-state index in [1.165, 1.54) is 0 Å². The Kier molecular flexibility index (Phi) is 17.0. The fraction of sp³-hybridized carbons (Fsp3) is 0.213. The molecule has 1 heterocycles. The van der Waals surface area contributed by atoms with Crippen molar-refractivity contribution in [1.82, 2.24) is 0 Å². The average molecular weight is 1150 g/mol. The quantitative estimate of drug-likeness (QED) is 0.0362. The molecule has 0 spiro atoms. The summed E-state index contributed by atoms with van der Waals surface area (Å²) >= 11 is 5.32. The van der Waals surface area contributed by atoms with Crippen molar-refractivity contribution in [1.29, 1.82) is 0 Å². The monoisotopic (exact) mass is 1150 g/mol. The zero-order valence-corrected chi connectivity index (χ0v) is 38.0. The van der Waals surface area contributed by atoms with E-state index in [2.05, 4.69) is 4.74 Å². The highest BCUT2D eigenvalue weighted by atomic mass is 35.5. The lowest BCUT2D eigenvalue weighted by atomic mass is 9.12. The first-order chi connectivity index (χ1) is 35.0. The Morgan fingerprint density at radius 3 is 0.844 bits per heavy atom. The van der Waals surface area contributed by atoms with Crippen LogP contribution in [-0.2, 0) is 60.7 Å². The molecular formula is C47H25BClF24NO3. The lowest BCUT2D eigenvalue weighted by Crippen LogP contribution is -2.75. The number of carbonyl (C=O) groups is 2. The number of pyridine rings is 1. The van der Waals surface area contributed by atoms with Crippen molar-refractivity contribution in [2.45, 2.75) is 56.0 Å². The molecule has 0 unspecified atom stereocenters. The zero-order chi connectivity index (χ0) is 58.3. The molecule has 0 saturated carbocycles. The highest BCUT2D eigenvalue weighted by Gasteiger charge is 2.47. The topological polar surface area (TPSA) is 47.2 Å². The third kappa shape index (κ3) is 14.6. The molecule has 0 radical (unpaired) electrons. The first-order valence-electron chi connectivity index (χ1n) is 20.6. The normalized spacial score (nSPS) is 13.2. The first kappa shape index (κ1) is 60.9. The van der Waals surface area contributed by atoms with Gasteiger partial charge in [0.2, 0.25) is 12.3 Å². The number of alkyl halides is 25. The number of halogens is 25. The van der Waals surface area contributed by atoms with Crippen molar-refractivity contribution in [3.8, 4) is 0 Å². The van der Waals surface area contributed by atoms with Crippen LogP contribution >= 0.6 is 11.6 Å². The number of Topliss-reactive ketones (excluding diaryl/α,β-unsaturated/α-hetero) is 1. The summed E-state index contributed by atoms with van der Waals surface area (Å²) < 4.78 is 347. The van der Waals surface area contributed by atoms with E-state index in [0.29, 0.717) is 11.1 Å². The van der Waals surface area contributed by atoms with Gasteiger partial charge in [-0.2, -0.15) is 132 Å². The average Bonchev–Trinajstić information content (AvgIpc) is 3.30. The molecule has 0 atom stereocenters. The van der Waals surface area contributed by atoms with E-state index in [9.17, 15) is 115 Å². The van der Waals surface area contributed by atoms with E-state index in [-0.39, 0.29) is 18.4 Å². The molecule has 4 nitrogen and oxygen atoms in total. The minimum Gasteiger partial charge on any atom is -0.446 e. The van der Waals surface area contributed by atoms with Crippen molar-refractivity contribution in [3.05, 3.63) is 183 Å². The van der Waals surface area contributed by atoms with Crippen LogP contribution in [0.15, 0.2) is 128 Å². The fourth-order valence-electron chi connectivity index (χ4n) is 7.78. The highest BCUT2D eigenvalue weighted by Crippen LogP contribution is 2.41. The summed E-state index contributed by atoms with van der Waals surface area (Å²) in [6.07, 6.45) is -51.5. The number of nitrogens with zero attached hydrogens (tertiary/aromatic N) is 1. The van der Waals surface area contributed by atoms with Gasteiger partial charge in [-0.05, 0) is 24.3 Å². The molecule has 0 N–H and O–H groups in total. The van der Waals surface area contributed by atoms with Crippen molar-refractivity contribution in [3.63, 3.8) is 0 Å². The van der Waals surface area contributed by atoms with Crippen LogP contribution in [0.3, 0.4) is 0 Å². The van der Waals surface area contributed by atoms with Gasteiger partial charge in [0, 0.05) is 17.7 Å². The maximum atomic E-state index is 14.2. The molecule has 1 aromatic heterocycles. The second-order valence-corrected chi connectivity index (χ2v) is 16.5. The summed E-state index contributed by atoms with van der Waals surface area (Å²) in [7, 11) is 0. The van der Waals surface area contributed by atoms with E-state index >= 15 is 0 Å². The standard InChI is InChI=1S/C32H12BF24.C15H13ClNO3/c34-25(35,36)13-1-14(26(37,38)39)6-21(5-13)33(22-7-15(27(40,41)42)2-16(8-22)28(43,44)45,23-9-17(29(46,47)48)3-18(10-23)30(49,50)51)24-11-19(31(52,53)54)4-20(12-24)32(55,56)57;16-11-20-15(19)13-6-8-17(9-7-13)10-14(18)12-4-2-1-3-5-12/h1-12H;1-9H,10-11H2/q-1;+1. The van der Waals surface area contributed by atoms with Crippen LogP contribution in [0, 0.1) is 0 Å². The summed E-state index contributed by atoms with van der Waals surface area (Å²) in [6, 6.07) is 3.24. The Balaban J connectivity index is 0.000000455. The molecule has 30 heteroatoms. The number of rotatable bonds is 9. The van der Waals surface area contributed by atoms with Crippen molar-refractivity contribution < 1.29 is 124 Å². The molecular weight excluding hydrogens is 1130 g/mol. The smallest absolute Gasteiger partial charge is 0.416 e. The molecule has 0 aliphatic heterocycles. The Labute approximate surface area is 420 Å². The molecule has 6 aromatic rings. The van der Waals surface area contributed by atoms with Crippen LogP contribution in [0.2, 0.25) is 0 Å². The number of hydrogen-bond acceptors (Lipinski definition) is 3. The number of ether oxygens (including phenoxy) is 1. The van der Waals surface area contributed by atoms with Gasteiger partial charge in [-0.1, -0.05) is 90.5 Å². The zero-order valence-electron chi connectivity index (χ0n) is 37.2. The lowest BCUT2D eigenvalue weighted by molar-refractivity contribution is -0.683. The summed E-state index contributed by atoms with van der Waals surface area (Å²) in [5.74, 6) is -0.478. The largest absolute Gasteiger partial charge is 0.446 e. The molecule has 5 aromatic carbocycles. The van der Waals surface area contributed by atoms with E-state index < -0.39 is 201 Å². The molecule has 0 saturated heterocycles. The molecule has 0 amide bonds. The number of aromatic nitrogens is 1.